The van der Waals surface area contributed by atoms with Crippen molar-refractivity contribution in [3.63, 3.8) is 0 Å². The highest BCUT2D eigenvalue weighted by molar-refractivity contribution is 6.17. The molecule has 0 saturated carbocycles. The van der Waals surface area contributed by atoms with Gasteiger partial charge in [-0.25, -0.2) is 0 Å². The Balaban J connectivity index is 1.16. The van der Waals surface area contributed by atoms with Gasteiger partial charge in [0.2, 0.25) is 0 Å². The fraction of sp³-hybridized carbons (Fsp3) is 0. The van der Waals surface area contributed by atoms with Crippen LogP contribution < -0.4 is 0 Å². The van der Waals surface area contributed by atoms with Crippen molar-refractivity contribution in [1.82, 2.24) is 14.1 Å². The maximum atomic E-state index is 9.57. The van der Waals surface area contributed by atoms with Gasteiger partial charge in [0.15, 0.2) is 0 Å². The Labute approximate surface area is 268 Å². The lowest BCUT2D eigenvalue weighted by molar-refractivity contribution is 0.669. The molecule has 5 nitrogen and oxygen atoms in total. The Hall–Kier alpha value is -6.64. The largest absolute Gasteiger partial charge is 0.456 e. The maximum Gasteiger partial charge on any atom is 0.137 e. The second-order valence-electron chi connectivity index (χ2n) is 12.0. The highest BCUT2D eigenvalue weighted by Crippen LogP contribution is 2.39. The summed E-state index contributed by atoms with van der Waals surface area (Å²) in [5.74, 6) is 0. The minimum Gasteiger partial charge on any atom is -0.456 e. The lowest BCUT2D eigenvalue weighted by atomic mass is 10.0. The molecule has 4 heterocycles. The van der Waals surface area contributed by atoms with E-state index in [1.54, 1.807) is 0 Å². The van der Waals surface area contributed by atoms with Crippen molar-refractivity contribution in [1.29, 1.82) is 5.26 Å². The molecule has 10 rings (SSSR count). The van der Waals surface area contributed by atoms with E-state index in [1.807, 2.05) is 36.7 Å². The van der Waals surface area contributed by atoms with E-state index in [1.165, 1.54) is 5.39 Å². The SMILES string of the molecule is N#Cc1ccc2c(c1)c1ccccc1n2-c1cccc(-c2cccc(-n3c4cnccc4c4cc5c(cc43)oc3ccccc35)c2)c1. The zero-order valence-corrected chi connectivity index (χ0v) is 25.1. The fourth-order valence-electron chi connectivity index (χ4n) is 7.33. The monoisotopic (exact) mass is 600 g/mol. The third kappa shape index (κ3) is 3.73. The van der Waals surface area contributed by atoms with Gasteiger partial charge >= 0.3 is 0 Å². The topological polar surface area (TPSA) is 59.7 Å². The maximum absolute atomic E-state index is 9.57. The van der Waals surface area contributed by atoms with Crippen LogP contribution in [0.5, 0.6) is 0 Å². The van der Waals surface area contributed by atoms with Gasteiger partial charge in [0.05, 0.1) is 39.9 Å². The number of furan rings is 1. The van der Waals surface area contributed by atoms with Crippen molar-refractivity contribution in [3.8, 4) is 28.6 Å². The summed E-state index contributed by atoms with van der Waals surface area (Å²) in [4.78, 5) is 4.52. The molecule has 0 atom stereocenters. The van der Waals surface area contributed by atoms with Crippen LogP contribution in [0.25, 0.3) is 88.1 Å². The predicted molar refractivity (Wildman–Crippen MR) is 190 cm³/mol. The summed E-state index contributed by atoms with van der Waals surface area (Å²) in [5, 5.41) is 16.3. The van der Waals surface area contributed by atoms with Crippen LogP contribution in [0, 0.1) is 11.3 Å². The molecule has 4 aromatic heterocycles. The number of nitrogens with zero attached hydrogens (tertiary/aromatic N) is 4. The van der Waals surface area contributed by atoms with Gasteiger partial charge < -0.3 is 13.6 Å². The number of para-hydroxylation sites is 2. The first-order chi connectivity index (χ1) is 23.2. The number of hydrogen-bond acceptors (Lipinski definition) is 3. The van der Waals surface area contributed by atoms with E-state index in [0.29, 0.717) is 5.56 Å². The second kappa shape index (κ2) is 9.68. The highest BCUT2D eigenvalue weighted by Gasteiger charge is 2.18. The van der Waals surface area contributed by atoms with Gasteiger partial charge in [-0.1, -0.05) is 60.7 Å². The number of aromatic nitrogens is 3. The first-order valence-electron chi connectivity index (χ1n) is 15.6. The molecule has 0 spiro atoms. The van der Waals surface area contributed by atoms with Crippen LogP contribution in [-0.2, 0) is 0 Å². The van der Waals surface area contributed by atoms with Gasteiger partial charge in [-0.15, -0.1) is 0 Å². The van der Waals surface area contributed by atoms with Crippen LogP contribution >= 0.6 is 0 Å². The summed E-state index contributed by atoms with van der Waals surface area (Å²) in [5.41, 5.74) is 11.1. The number of benzene rings is 6. The van der Waals surface area contributed by atoms with Crippen LogP contribution in [0.15, 0.2) is 150 Å². The van der Waals surface area contributed by atoms with E-state index in [9.17, 15) is 5.26 Å². The Morgan fingerprint density at radius 3 is 1.98 bits per heavy atom. The number of hydrogen-bond donors (Lipinski definition) is 0. The summed E-state index contributed by atoms with van der Waals surface area (Å²) in [6.07, 6.45) is 3.81. The molecule has 5 heteroatoms. The normalized spacial score (nSPS) is 11.8. The molecule has 0 saturated heterocycles. The Morgan fingerprint density at radius 1 is 0.489 bits per heavy atom. The summed E-state index contributed by atoms with van der Waals surface area (Å²) in [6.45, 7) is 0. The average Bonchev–Trinajstić information content (AvgIpc) is 3.77. The lowest BCUT2D eigenvalue weighted by Crippen LogP contribution is -1.96. The zero-order chi connectivity index (χ0) is 31.1. The second-order valence-corrected chi connectivity index (χ2v) is 12.0. The summed E-state index contributed by atoms with van der Waals surface area (Å²) < 4.78 is 10.9. The van der Waals surface area contributed by atoms with Gasteiger partial charge in [0.1, 0.15) is 11.2 Å². The Morgan fingerprint density at radius 2 is 1.17 bits per heavy atom. The molecule has 10 aromatic rings. The molecule has 0 bridgehead atoms. The van der Waals surface area contributed by atoms with Gasteiger partial charge in [0, 0.05) is 56.0 Å². The molecule has 0 radical (unpaired) electrons. The molecule has 0 aliphatic heterocycles. The van der Waals surface area contributed by atoms with E-state index < -0.39 is 0 Å². The molecule has 0 aliphatic carbocycles. The number of nitriles is 1. The zero-order valence-electron chi connectivity index (χ0n) is 25.1. The van der Waals surface area contributed by atoms with Crippen molar-refractivity contribution in [3.05, 3.63) is 151 Å². The number of fused-ring (bicyclic) bond motifs is 9. The smallest absolute Gasteiger partial charge is 0.137 e. The summed E-state index contributed by atoms with van der Waals surface area (Å²) >= 11 is 0. The van der Waals surface area contributed by atoms with Crippen LogP contribution in [0.2, 0.25) is 0 Å². The third-order valence-electron chi connectivity index (χ3n) is 9.41. The van der Waals surface area contributed by atoms with Crippen molar-refractivity contribution >= 4 is 65.6 Å². The van der Waals surface area contributed by atoms with E-state index in [0.717, 1.165) is 82.7 Å². The molecule has 218 valence electrons. The summed E-state index contributed by atoms with van der Waals surface area (Å²) in [7, 11) is 0. The molecule has 0 N–H and O–H groups in total. The molecular weight excluding hydrogens is 576 g/mol. The average molecular weight is 601 g/mol. The molecule has 0 amide bonds. The van der Waals surface area contributed by atoms with Gasteiger partial charge in [0.25, 0.3) is 0 Å². The number of pyridine rings is 1. The lowest BCUT2D eigenvalue weighted by Gasteiger charge is -2.12. The Kier molecular flexibility index (Phi) is 5.28. The van der Waals surface area contributed by atoms with Crippen molar-refractivity contribution in [2.24, 2.45) is 0 Å². The standard InChI is InChI=1S/C42H24N4O/c43-24-26-15-16-38-34(19-26)31-11-1-3-13-37(31)45(38)29-9-5-7-27(20-29)28-8-6-10-30(21-28)46-39-23-42-36(33-12-2-4-14-41(33)47-42)22-35(39)32-17-18-44-25-40(32)46/h1-23,25H. The van der Waals surface area contributed by atoms with E-state index in [-0.39, 0.29) is 0 Å². The molecular formula is C42H24N4O. The van der Waals surface area contributed by atoms with Gasteiger partial charge in [-0.2, -0.15) is 5.26 Å². The van der Waals surface area contributed by atoms with Crippen LogP contribution in [0.4, 0.5) is 0 Å². The highest BCUT2D eigenvalue weighted by atomic mass is 16.3. The number of rotatable bonds is 3. The van der Waals surface area contributed by atoms with Crippen LogP contribution in [0.1, 0.15) is 5.56 Å². The van der Waals surface area contributed by atoms with Crippen molar-refractivity contribution in [2.45, 2.75) is 0 Å². The van der Waals surface area contributed by atoms with Crippen molar-refractivity contribution < 1.29 is 4.42 Å². The first-order valence-corrected chi connectivity index (χ1v) is 15.6. The minimum atomic E-state index is 0.660. The molecule has 0 fully saturated rings. The van der Waals surface area contributed by atoms with Gasteiger partial charge in [-0.3, -0.25) is 4.98 Å². The predicted octanol–water partition coefficient (Wildman–Crippen LogP) is 10.7. The Bertz CT molecular complexity index is 2930. The van der Waals surface area contributed by atoms with Crippen LogP contribution in [0.3, 0.4) is 0 Å². The minimum absolute atomic E-state index is 0.660. The molecule has 0 aliphatic rings. The first kappa shape index (κ1) is 25.7. The third-order valence-corrected chi connectivity index (χ3v) is 9.41. The molecule has 6 aromatic carbocycles. The molecule has 47 heavy (non-hydrogen) atoms. The van der Waals surface area contributed by atoms with Gasteiger partial charge in [-0.05, 0) is 77.9 Å². The summed E-state index contributed by atoms with van der Waals surface area (Å²) in [6, 6.07) is 48.7. The van der Waals surface area contributed by atoms with E-state index >= 15 is 0 Å². The molecule has 0 unspecified atom stereocenters. The van der Waals surface area contributed by atoms with Crippen molar-refractivity contribution in [2.75, 3.05) is 0 Å². The van der Waals surface area contributed by atoms with E-state index in [4.69, 9.17) is 4.42 Å². The quantitative estimate of drug-likeness (QED) is 0.203. The fourth-order valence-corrected chi connectivity index (χ4v) is 7.33. The van der Waals surface area contributed by atoms with Crippen LogP contribution in [-0.4, -0.2) is 14.1 Å². The van der Waals surface area contributed by atoms with E-state index in [2.05, 4.69) is 129 Å².